The van der Waals surface area contributed by atoms with Gasteiger partial charge in [0.25, 0.3) is 0 Å². The number of aryl methyl sites for hydroxylation is 1. The topological polar surface area (TPSA) is 35.0 Å². The Balaban J connectivity index is 1.96. The third-order valence-electron chi connectivity index (χ3n) is 2.33. The van der Waals surface area contributed by atoms with E-state index in [9.17, 15) is 0 Å². The van der Waals surface area contributed by atoms with Crippen LogP contribution in [0.5, 0.6) is 6.01 Å². The van der Waals surface area contributed by atoms with E-state index >= 15 is 0 Å². The standard InChI is InChI=1S/C10H14N2O/c1-7-5-11-10(12-6-7)13-8(2)9-3-4-9/h5-6,8-9H,3-4H2,1-2H3. The first-order valence-electron chi connectivity index (χ1n) is 4.71. The second-order valence-electron chi connectivity index (χ2n) is 3.70. The van der Waals surface area contributed by atoms with E-state index in [0.29, 0.717) is 6.01 Å². The van der Waals surface area contributed by atoms with E-state index in [1.54, 1.807) is 12.4 Å². The van der Waals surface area contributed by atoms with Gasteiger partial charge in [-0.2, -0.15) is 0 Å². The van der Waals surface area contributed by atoms with Crippen LogP contribution >= 0.6 is 0 Å². The molecule has 1 aliphatic rings. The van der Waals surface area contributed by atoms with Crippen molar-refractivity contribution in [1.29, 1.82) is 0 Å². The monoisotopic (exact) mass is 178 g/mol. The van der Waals surface area contributed by atoms with Gasteiger partial charge >= 0.3 is 6.01 Å². The molecule has 1 fully saturated rings. The summed E-state index contributed by atoms with van der Waals surface area (Å²) < 4.78 is 5.57. The molecule has 0 spiro atoms. The molecule has 1 unspecified atom stereocenters. The van der Waals surface area contributed by atoms with Crippen LogP contribution in [0.25, 0.3) is 0 Å². The quantitative estimate of drug-likeness (QED) is 0.709. The van der Waals surface area contributed by atoms with Gasteiger partial charge in [-0.15, -0.1) is 0 Å². The molecule has 0 radical (unpaired) electrons. The van der Waals surface area contributed by atoms with E-state index in [2.05, 4.69) is 16.9 Å². The normalized spacial score (nSPS) is 18.3. The minimum Gasteiger partial charge on any atom is -0.460 e. The highest BCUT2D eigenvalue weighted by Gasteiger charge is 2.29. The lowest BCUT2D eigenvalue weighted by Gasteiger charge is -2.11. The lowest BCUT2D eigenvalue weighted by molar-refractivity contribution is 0.181. The molecule has 13 heavy (non-hydrogen) atoms. The van der Waals surface area contributed by atoms with Gasteiger partial charge in [-0.1, -0.05) is 0 Å². The fourth-order valence-electron chi connectivity index (χ4n) is 1.27. The van der Waals surface area contributed by atoms with Crippen molar-refractivity contribution in [2.24, 2.45) is 5.92 Å². The van der Waals surface area contributed by atoms with E-state index in [0.717, 1.165) is 11.5 Å². The number of aromatic nitrogens is 2. The summed E-state index contributed by atoms with van der Waals surface area (Å²) in [5.74, 6) is 0.727. The number of hydrogen-bond acceptors (Lipinski definition) is 3. The van der Waals surface area contributed by atoms with Gasteiger partial charge in [-0.05, 0) is 38.2 Å². The zero-order valence-electron chi connectivity index (χ0n) is 8.03. The Labute approximate surface area is 78.2 Å². The van der Waals surface area contributed by atoms with Crippen molar-refractivity contribution in [1.82, 2.24) is 9.97 Å². The van der Waals surface area contributed by atoms with Crippen LogP contribution in [0, 0.1) is 12.8 Å². The summed E-state index contributed by atoms with van der Waals surface area (Å²) >= 11 is 0. The molecule has 0 saturated heterocycles. The van der Waals surface area contributed by atoms with Gasteiger partial charge in [0, 0.05) is 12.4 Å². The predicted octanol–water partition coefficient (Wildman–Crippen LogP) is 1.96. The van der Waals surface area contributed by atoms with Crippen LogP contribution in [0.4, 0.5) is 0 Å². The molecule has 1 aliphatic carbocycles. The van der Waals surface area contributed by atoms with Crippen LogP contribution in [-0.2, 0) is 0 Å². The molecule has 0 N–H and O–H groups in total. The molecule has 1 saturated carbocycles. The molecule has 1 aromatic heterocycles. The highest BCUT2D eigenvalue weighted by molar-refractivity contribution is 5.05. The molecule has 0 aliphatic heterocycles. The zero-order valence-corrected chi connectivity index (χ0v) is 8.03. The van der Waals surface area contributed by atoms with Crippen LogP contribution in [0.1, 0.15) is 25.3 Å². The van der Waals surface area contributed by atoms with Gasteiger partial charge in [0.05, 0.1) is 0 Å². The molecule has 0 amide bonds. The Hall–Kier alpha value is -1.12. The molecule has 0 bridgehead atoms. The van der Waals surface area contributed by atoms with E-state index in [1.807, 2.05) is 6.92 Å². The average Bonchev–Trinajstić information content (AvgIpc) is 2.91. The maximum absolute atomic E-state index is 5.57. The van der Waals surface area contributed by atoms with Crippen molar-refractivity contribution >= 4 is 0 Å². The first kappa shape index (κ1) is 8.48. The van der Waals surface area contributed by atoms with Crippen molar-refractivity contribution in [3.05, 3.63) is 18.0 Å². The van der Waals surface area contributed by atoms with Gasteiger partial charge in [0.2, 0.25) is 0 Å². The molecule has 1 heterocycles. The van der Waals surface area contributed by atoms with Crippen LogP contribution < -0.4 is 4.74 Å². The molecular formula is C10H14N2O. The van der Waals surface area contributed by atoms with Crippen molar-refractivity contribution in [2.45, 2.75) is 32.8 Å². The lowest BCUT2D eigenvalue weighted by Crippen LogP contribution is -2.15. The van der Waals surface area contributed by atoms with Gasteiger partial charge in [-0.3, -0.25) is 0 Å². The largest absolute Gasteiger partial charge is 0.460 e. The third kappa shape index (κ3) is 2.17. The summed E-state index contributed by atoms with van der Waals surface area (Å²) in [4.78, 5) is 8.19. The molecular weight excluding hydrogens is 164 g/mol. The number of ether oxygens (including phenoxy) is 1. The van der Waals surface area contributed by atoms with Crippen LogP contribution in [0.15, 0.2) is 12.4 Å². The Morgan fingerprint density at radius 1 is 1.38 bits per heavy atom. The number of nitrogens with zero attached hydrogens (tertiary/aromatic N) is 2. The Kier molecular flexibility index (Phi) is 2.17. The molecule has 1 atom stereocenters. The second kappa shape index (κ2) is 3.32. The molecule has 70 valence electrons. The summed E-state index contributed by atoms with van der Waals surface area (Å²) in [6.07, 6.45) is 6.40. The van der Waals surface area contributed by atoms with Gasteiger partial charge in [-0.25, -0.2) is 9.97 Å². The molecule has 3 nitrogen and oxygen atoms in total. The maximum atomic E-state index is 5.57. The summed E-state index contributed by atoms with van der Waals surface area (Å²) in [6.45, 7) is 4.05. The van der Waals surface area contributed by atoms with Crippen molar-refractivity contribution in [2.75, 3.05) is 0 Å². The van der Waals surface area contributed by atoms with E-state index < -0.39 is 0 Å². The minimum absolute atomic E-state index is 0.266. The SMILES string of the molecule is Cc1cnc(OC(C)C2CC2)nc1. The van der Waals surface area contributed by atoms with Crippen molar-refractivity contribution < 1.29 is 4.74 Å². The van der Waals surface area contributed by atoms with E-state index in [-0.39, 0.29) is 6.10 Å². The van der Waals surface area contributed by atoms with Crippen LogP contribution in [0.2, 0.25) is 0 Å². The average molecular weight is 178 g/mol. The Morgan fingerprint density at radius 2 is 2.00 bits per heavy atom. The highest BCUT2D eigenvalue weighted by atomic mass is 16.5. The summed E-state index contributed by atoms with van der Waals surface area (Å²) in [5.41, 5.74) is 1.06. The number of rotatable bonds is 3. The van der Waals surface area contributed by atoms with E-state index in [1.165, 1.54) is 12.8 Å². The summed E-state index contributed by atoms with van der Waals surface area (Å²) in [6, 6.07) is 0.505. The maximum Gasteiger partial charge on any atom is 0.316 e. The van der Waals surface area contributed by atoms with Gasteiger partial charge < -0.3 is 4.74 Å². The van der Waals surface area contributed by atoms with Crippen molar-refractivity contribution in [3.63, 3.8) is 0 Å². The Bertz CT molecular complexity index is 279. The smallest absolute Gasteiger partial charge is 0.316 e. The van der Waals surface area contributed by atoms with E-state index in [4.69, 9.17) is 4.74 Å². The fourth-order valence-corrected chi connectivity index (χ4v) is 1.27. The highest BCUT2D eigenvalue weighted by Crippen LogP contribution is 2.33. The summed E-state index contributed by atoms with van der Waals surface area (Å²) in [5, 5.41) is 0. The first-order valence-corrected chi connectivity index (χ1v) is 4.71. The molecule has 2 rings (SSSR count). The van der Waals surface area contributed by atoms with Gasteiger partial charge in [0.15, 0.2) is 0 Å². The van der Waals surface area contributed by atoms with Crippen molar-refractivity contribution in [3.8, 4) is 6.01 Å². The predicted molar refractivity (Wildman–Crippen MR) is 49.6 cm³/mol. The molecule has 1 aromatic rings. The van der Waals surface area contributed by atoms with Crippen LogP contribution in [-0.4, -0.2) is 16.1 Å². The first-order chi connectivity index (χ1) is 6.25. The number of hydrogen-bond donors (Lipinski definition) is 0. The fraction of sp³-hybridized carbons (Fsp3) is 0.600. The Morgan fingerprint density at radius 3 is 2.54 bits per heavy atom. The minimum atomic E-state index is 0.266. The van der Waals surface area contributed by atoms with Crippen LogP contribution in [0.3, 0.4) is 0 Å². The second-order valence-corrected chi connectivity index (χ2v) is 3.70. The lowest BCUT2D eigenvalue weighted by atomic mass is 10.3. The summed E-state index contributed by atoms with van der Waals surface area (Å²) in [7, 11) is 0. The zero-order chi connectivity index (χ0) is 9.26. The molecule has 0 aromatic carbocycles. The third-order valence-corrected chi connectivity index (χ3v) is 2.33. The van der Waals surface area contributed by atoms with Gasteiger partial charge in [0.1, 0.15) is 6.10 Å². The molecule has 3 heteroatoms.